The molecule has 0 radical (unpaired) electrons. The monoisotopic (exact) mass is 352 g/mol. The molecule has 0 unspecified atom stereocenters. The molecule has 120 valence electrons. The van der Waals surface area contributed by atoms with E-state index in [4.69, 9.17) is 20.8 Å². The van der Waals surface area contributed by atoms with Gasteiger partial charge in [-0.1, -0.05) is 18.5 Å². The van der Waals surface area contributed by atoms with Crippen molar-refractivity contribution in [2.75, 3.05) is 7.11 Å². The number of nitrogens with zero attached hydrogens (tertiary/aromatic N) is 2. The van der Waals surface area contributed by atoms with Crippen LogP contribution in [0.5, 0.6) is 5.88 Å². The number of aryl methyl sites for hydroxylation is 1. The maximum absolute atomic E-state index is 12.8. The average Bonchev–Trinajstić information content (AvgIpc) is 2.93. The van der Waals surface area contributed by atoms with E-state index in [-0.39, 0.29) is 16.0 Å². The SMILES string of the molecule is CCc1c(S(=O)(=O)c2ccc(OC)nn2)oc2ccc(Cl)cc12. The third-order valence-corrected chi connectivity index (χ3v) is 5.23. The van der Waals surface area contributed by atoms with Crippen molar-refractivity contribution in [2.24, 2.45) is 0 Å². The van der Waals surface area contributed by atoms with Gasteiger partial charge in [-0.2, -0.15) is 0 Å². The molecule has 1 aromatic carbocycles. The first-order chi connectivity index (χ1) is 11.0. The number of halogens is 1. The number of furan rings is 1. The van der Waals surface area contributed by atoms with Gasteiger partial charge in [0.25, 0.3) is 9.84 Å². The number of hydrogen-bond donors (Lipinski definition) is 0. The Hall–Kier alpha value is -2.12. The Morgan fingerprint density at radius 2 is 2.00 bits per heavy atom. The van der Waals surface area contributed by atoms with E-state index >= 15 is 0 Å². The largest absolute Gasteiger partial charge is 0.480 e. The zero-order valence-corrected chi connectivity index (χ0v) is 14.0. The Bertz CT molecular complexity index is 965. The minimum Gasteiger partial charge on any atom is -0.480 e. The summed E-state index contributed by atoms with van der Waals surface area (Å²) in [5, 5.41) is 8.28. The predicted octanol–water partition coefficient (Wildman–Crippen LogP) is 3.28. The highest BCUT2D eigenvalue weighted by atomic mass is 35.5. The lowest BCUT2D eigenvalue weighted by atomic mass is 10.1. The molecular formula is C15H13ClN2O4S. The van der Waals surface area contributed by atoms with Gasteiger partial charge in [0.2, 0.25) is 11.0 Å². The van der Waals surface area contributed by atoms with Gasteiger partial charge in [-0.05, 0) is 30.7 Å². The molecule has 6 nitrogen and oxygen atoms in total. The van der Waals surface area contributed by atoms with Crippen molar-refractivity contribution in [3.63, 3.8) is 0 Å². The number of aromatic nitrogens is 2. The summed E-state index contributed by atoms with van der Waals surface area (Å²) in [4.78, 5) is 0. The third-order valence-electron chi connectivity index (χ3n) is 3.41. The van der Waals surface area contributed by atoms with Crippen LogP contribution in [0.15, 0.2) is 44.9 Å². The van der Waals surface area contributed by atoms with E-state index in [2.05, 4.69) is 10.2 Å². The zero-order valence-electron chi connectivity index (χ0n) is 12.4. The number of fused-ring (bicyclic) bond motifs is 1. The molecule has 0 bridgehead atoms. The van der Waals surface area contributed by atoms with Crippen LogP contribution < -0.4 is 4.74 Å². The highest BCUT2D eigenvalue weighted by Gasteiger charge is 2.29. The number of benzene rings is 1. The van der Waals surface area contributed by atoms with Crippen molar-refractivity contribution in [1.29, 1.82) is 0 Å². The van der Waals surface area contributed by atoms with Crippen molar-refractivity contribution in [2.45, 2.75) is 23.5 Å². The van der Waals surface area contributed by atoms with Crippen LogP contribution in [0, 0.1) is 0 Å². The van der Waals surface area contributed by atoms with Crippen molar-refractivity contribution < 1.29 is 17.6 Å². The number of rotatable bonds is 4. The summed E-state index contributed by atoms with van der Waals surface area (Å²) in [7, 11) is -2.49. The van der Waals surface area contributed by atoms with E-state index in [0.29, 0.717) is 28.0 Å². The molecule has 2 heterocycles. The minimum atomic E-state index is -3.92. The second-order valence-electron chi connectivity index (χ2n) is 4.78. The van der Waals surface area contributed by atoms with Crippen LogP contribution >= 0.6 is 11.6 Å². The van der Waals surface area contributed by atoms with Gasteiger partial charge in [-0.25, -0.2) is 8.42 Å². The van der Waals surface area contributed by atoms with E-state index in [1.165, 1.54) is 19.2 Å². The number of methoxy groups -OCH3 is 1. The Balaban J connectivity index is 2.21. The Morgan fingerprint density at radius 1 is 1.22 bits per heavy atom. The van der Waals surface area contributed by atoms with Gasteiger partial charge >= 0.3 is 0 Å². The summed E-state index contributed by atoms with van der Waals surface area (Å²) in [5.74, 6) is 0.232. The number of hydrogen-bond acceptors (Lipinski definition) is 6. The first-order valence-corrected chi connectivity index (χ1v) is 8.67. The molecule has 0 N–H and O–H groups in total. The van der Waals surface area contributed by atoms with Gasteiger partial charge in [0, 0.05) is 22.0 Å². The minimum absolute atomic E-state index is 0.128. The number of ether oxygens (including phenoxy) is 1. The third kappa shape index (κ3) is 2.66. The molecule has 0 saturated heterocycles. The molecule has 8 heteroatoms. The van der Waals surface area contributed by atoms with Gasteiger partial charge in [-0.15, -0.1) is 10.2 Å². The summed E-state index contributed by atoms with van der Waals surface area (Å²) in [6.45, 7) is 1.85. The Kier molecular flexibility index (Phi) is 3.99. The lowest BCUT2D eigenvalue weighted by Gasteiger charge is -2.03. The van der Waals surface area contributed by atoms with Crippen molar-refractivity contribution in [3.8, 4) is 5.88 Å². The van der Waals surface area contributed by atoms with Crippen LogP contribution in [0.25, 0.3) is 11.0 Å². The highest BCUT2D eigenvalue weighted by Crippen LogP contribution is 2.34. The fourth-order valence-electron chi connectivity index (χ4n) is 2.31. The summed E-state index contributed by atoms with van der Waals surface area (Å²) in [5.41, 5.74) is 1.03. The average molecular weight is 353 g/mol. The van der Waals surface area contributed by atoms with Gasteiger partial charge in [0.05, 0.1) is 7.11 Å². The van der Waals surface area contributed by atoms with E-state index in [9.17, 15) is 8.42 Å². The fourth-order valence-corrected chi connectivity index (χ4v) is 3.84. The molecule has 0 atom stereocenters. The quantitative estimate of drug-likeness (QED) is 0.716. The lowest BCUT2D eigenvalue weighted by molar-refractivity contribution is 0.389. The van der Waals surface area contributed by atoms with Gasteiger partial charge in [0.15, 0.2) is 5.03 Å². The van der Waals surface area contributed by atoms with E-state index < -0.39 is 9.84 Å². The second-order valence-corrected chi connectivity index (χ2v) is 7.01. The molecule has 0 fully saturated rings. The molecular weight excluding hydrogens is 340 g/mol. The molecule has 3 aromatic rings. The number of sulfone groups is 1. The lowest BCUT2D eigenvalue weighted by Crippen LogP contribution is -2.07. The first kappa shape index (κ1) is 15.8. The smallest absolute Gasteiger partial charge is 0.258 e. The normalized spacial score (nSPS) is 11.8. The standard InChI is InChI=1S/C15H13ClN2O4S/c1-3-10-11-8-9(16)4-5-12(11)22-15(10)23(19,20)14-7-6-13(21-2)17-18-14/h4-8H,3H2,1-2H3. The van der Waals surface area contributed by atoms with Crippen molar-refractivity contribution in [1.82, 2.24) is 10.2 Å². The van der Waals surface area contributed by atoms with Crippen LogP contribution in [0.4, 0.5) is 0 Å². The molecule has 0 amide bonds. The van der Waals surface area contributed by atoms with Gasteiger partial charge < -0.3 is 9.15 Å². The summed E-state index contributed by atoms with van der Waals surface area (Å²) >= 11 is 5.99. The molecule has 0 spiro atoms. The van der Waals surface area contributed by atoms with Crippen LogP contribution in [0.2, 0.25) is 5.02 Å². The molecule has 0 saturated carbocycles. The highest BCUT2D eigenvalue weighted by molar-refractivity contribution is 7.91. The van der Waals surface area contributed by atoms with Gasteiger partial charge in [-0.3, -0.25) is 0 Å². The zero-order chi connectivity index (χ0) is 16.6. The first-order valence-electron chi connectivity index (χ1n) is 6.81. The maximum Gasteiger partial charge on any atom is 0.258 e. The van der Waals surface area contributed by atoms with Crippen LogP contribution in [-0.2, 0) is 16.3 Å². The maximum atomic E-state index is 12.8. The summed E-state index contributed by atoms with van der Waals surface area (Å²) in [6.07, 6.45) is 0.478. The molecule has 0 aliphatic carbocycles. The second kappa shape index (κ2) is 5.82. The molecule has 2 aromatic heterocycles. The molecule has 0 aliphatic heterocycles. The van der Waals surface area contributed by atoms with Crippen LogP contribution in [-0.4, -0.2) is 25.7 Å². The predicted molar refractivity (Wildman–Crippen MR) is 84.6 cm³/mol. The Labute approximate surface area is 138 Å². The van der Waals surface area contributed by atoms with Crippen molar-refractivity contribution >= 4 is 32.4 Å². The molecule has 0 aliphatic rings. The molecule has 3 rings (SSSR count). The van der Waals surface area contributed by atoms with Crippen LogP contribution in [0.3, 0.4) is 0 Å². The summed E-state index contributed by atoms with van der Waals surface area (Å²) < 4.78 is 36.1. The molecule has 23 heavy (non-hydrogen) atoms. The van der Waals surface area contributed by atoms with E-state index in [1.54, 1.807) is 18.2 Å². The van der Waals surface area contributed by atoms with E-state index in [0.717, 1.165) is 0 Å². The van der Waals surface area contributed by atoms with E-state index in [1.807, 2.05) is 6.92 Å². The van der Waals surface area contributed by atoms with Gasteiger partial charge in [0.1, 0.15) is 5.58 Å². The Morgan fingerprint density at radius 3 is 2.61 bits per heavy atom. The van der Waals surface area contributed by atoms with Crippen LogP contribution in [0.1, 0.15) is 12.5 Å². The fraction of sp³-hybridized carbons (Fsp3) is 0.200. The topological polar surface area (TPSA) is 82.3 Å². The summed E-state index contributed by atoms with van der Waals surface area (Å²) in [6, 6.07) is 7.76. The van der Waals surface area contributed by atoms with Crippen molar-refractivity contribution in [3.05, 3.63) is 40.9 Å².